The van der Waals surface area contributed by atoms with Crippen LogP contribution in [-0.2, 0) is 9.59 Å². The molecular formula is C17H31ClN4O2. The van der Waals surface area contributed by atoms with E-state index in [1.807, 2.05) is 9.80 Å². The molecule has 6 nitrogen and oxygen atoms in total. The van der Waals surface area contributed by atoms with Crippen LogP contribution < -0.4 is 5.32 Å². The number of piperidine rings is 2. The van der Waals surface area contributed by atoms with Crippen molar-refractivity contribution in [3.63, 3.8) is 0 Å². The molecule has 1 N–H and O–H groups in total. The molecule has 0 saturated carbocycles. The summed E-state index contributed by atoms with van der Waals surface area (Å²) in [5, 5.41) is 3.31. The molecule has 24 heavy (non-hydrogen) atoms. The van der Waals surface area contributed by atoms with Crippen LogP contribution in [0.2, 0.25) is 0 Å². The summed E-state index contributed by atoms with van der Waals surface area (Å²) in [4.78, 5) is 31.1. The molecule has 0 atom stereocenters. The molecular weight excluding hydrogens is 328 g/mol. The van der Waals surface area contributed by atoms with E-state index in [0.717, 1.165) is 78.0 Å². The number of carbonyl (C=O) groups is 2. The van der Waals surface area contributed by atoms with Crippen molar-refractivity contribution in [2.75, 3.05) is 58.9 Å². The van der Waals surface area contributed by atoms with E-state index in [1.54, 1.807) is 0 Å². The Bertz CT molecular complexity index is 415. The quantitative estimate of drug-likeness (QED) is 0.801. The number of nitrogens with zero attached hydrogens (tertiary/aromatic N) is 3. The van der Waals surface area contributed by atoms with Crippen LogP contribution in [0.5, 0.6) is 0 Å². The molecule has 0 radical (unpaired) electrons. The molecule has 3 saturated heterocycles. The molecule has 2 amide bonds. The second-order valence-electron chi connectivity index (χ2n) is 7.07. The Hall–Kier alpha value is -0.850. The van der Waals surface area contributed by atoms with Gasteiger partial charge in [0.1, 0.15) is 0 Å². The molecule has 7 heteroatoms. The van der Waals surface area contributed by atoms with Crippen LogP contribution in [0, 0.1) is 5.92 Å². The van der Waals surface area contributed by atoms with Gasteiger partial charge in [0.2, 0.25) is 11.8 Å². The van der Waals surface area contributed by atoms with Gasteiger partial charge < -0.3 is 15.1 Å². The zero-order valence-corrected chi connectivity index (χ0v) is 15.4. The first-order valence-electron chi connectivity index (χ1n) is 9.23. The van der Waals surface area contributed by atoms with Crippen LogP contribution in [0.4, 0.5) is 0 Å². The van der Waals surface area contributed by atoms with E-state index in [2.05, 4.69) is 10.2 Å². The van der Waals surface area contributed by atoms with Crippen LogP contribution in [-0.4, -0.2) is 85.4 Å². The molecule has 0 unspecified atom stereocenters. The first kappa shape index (κ1) is 19.5. The lowest BCUT2D eigenvalue weighted by atomic mass is 9.96. The van der Waals surface area contributed by atoms with Gasteiger partial charge in [-0.25, -0.2) is 0 Å². The highest BCUT2D eigenvalue weighted by Crippen LogP contribution is 2.17. The zero-order chi connectivity index (χ0) is 16.1. The van der Waals surface area contributed by atoms with Crippen LogP contribution in [0.15, 0.2) is 0 Å². The van der Waals surface area contributed by atoms with E-state index in [4.69, 9.17) is 0 Å². The zero-order valence-electron chi connectivity index (χ0n) is 14.5. The van der Waals surface area contributed by atoms with Gasteiger partial charge in [-0.1, -0.05) is 0 Å². The van der Waals surface area contributed by atoms with Crippen molar-refractivity contribution in [1.82, 2.24) is 20.0 Å². The summed E-state index contributed by atoms with van der Waals surface area (Å²) in [5.74, 6) is 0.800. The lowest BCUT2D eigenvalue weighted by Crippen LogP contribution is -2.53. The van der Waals surface area contributed by atoms with E-state index < -0.39 is 0 Å². The van der Waals surface area contributed by atoms with Gasteiger partial charge in [-0.05, 0) is 45.2 Å². The van der Waals surface area contributed by atoms with E-state index in [0.29, 0.717) is 12.5 Å². The minimum absolute atomic E-state index is 0. The lowest BCUT2D eigenvalue weighted by Gasteiger charge is -2.38. The number of rotatable bonds is 3. The second-order valence-corrected chi connectivity index (χ2v) is 7.07. The molecule has 0 aliphatic carbocycles. The SMILES string of the molecule is Cl.O=C(CN1CCN(C(=O)C2CCNCC2)CC1)N1CCCCC1. The minimum Gasteiger partial charge on any atom is -0.342 e. The summed E-state index contributed by atoms with van der Waals surface area (Å²) >= 11 is 0. The van der Waals surface area contributed by atoms with Gasteiger partial charge >= 0.3 is 0 Å². The van der Waals surface area contributed by atoms with Crippen molar-refractivity contribution in [1.29, 1.82) is 0 Å². The van der Waals surface area contributed by atoms with Gasteiger partial charge in [-0.2, -0.15) is 0 Å². The van der Waals surface area contributed by atoms with Crippen LogP contribution >= 0.6 is 12.4 Å². The summed E-state index contributed by atoms with van der Waals surface area (Å²) in [6.45, 7) is 7.50. The number of halogens is 1. The van der Waals surface area contributed by atoms with Crippen molar-refractivity contribution < 1.29 is 9.59 Å². The summed E-state index contributed by atoms with van der Waals surface area (Å²) in [7, 11) is 0. The molecule has 0 spiro atoms. The second kappa shape index (κ2) is 9.59. The standard InChI is InChI=1S/C17H30N4O2.ClH/c22-16(20-8-2-1-3-9-20)14-19-10-12-21(13-11-19)17(23)15-4-6-18-7-5-15;/h15,18H,1-14H2;1H. The van der Waals surface area contributed by atoms with Gasteiger partial charge in [-0.3, -0.25) is 14.5 Å². The highest BCUT2D eigenvalue weighted by Gasteiger charge is 2.29. The molecule has 3 heterocycles. The van der Waals surface area contributed by atoms with Crippen molar-refractivity contribution >= 4 is 24.2 Å². The van der Waals surface area contributed by atoms with Crippen molar-refractivity contribution in [2.24, 2.45) is 5.92 Å². The molecule has 0 aromatic rings. The topological polar surface area (TPSA) is 55.9 Å². The molecule has 138 valence electrons. The number of amides is 2. The summed E-state index contributed by atoms with van der Waals surface area (Å²) in [6.07, 6.45) is 5.47. The number of hydrogen-bond acceptors (Lipinski definition) is 4. The highest BCUT2D eigenvalue weighted by molar-refractivity contribution is 5.85. The van der Waals surface area contributed by atoms with E-state index >= 15 is 0 Å². The Kier molecular flexibility index (Phi) is 7.78. The first-order chi connectivity index (χ1) is 11.2. The number of hydrogen-bond donors (Lipinski definition) is 1. The maximum absolute atomic E-state index is 12.5. The maximum atomic E-state index is 12.5. The van der Waals surface area contributed by atoms with E-state index in [-0.39, 0.29) is 24.2 Å². The Morgan fingerprint density at radius 3 is 2.08 bits per heavy atom. The number of carbonyl (C=O) groups excluding carboxylic acids is 2. The largest absolute Gasteiger partial charge is 0.342 e. The number of nitrogens with one attached hydrogen (secondary N) is 1. The molecule has 0 aromatic carbocycles. The van der Waals surface area contributed by atoms with Crippen molar-refractivity contribution in [2.45, 2.75) is 32.1 Å². The molecule has 3 aliphatic rings. The minimum atomic E-state index is 0. The average Bonchev–Trinajstić information content (AvgIpc) is 2.63. The summed E-state index contributed by atoms with van der Waals surface area (Å²) in [5.41, 5.74) is 0. The van der Waals surface area contributed by atoms with Gasteiger partial charge in [0.15, 0.2) is 0 Å². The Balaban J connectivity index is 0.00000208. The van der Waals surface area contributed by atoms with Crippen LogP contribution in [0.25, 0.3) is 0 Å². The summed E-state index contributed by atoms with van der Waals surface area (Å²) in [6, 6.07) is 0. The van der Waals surface area contributed by atoms with Crippen molar-refractivity contribution in [3.05, 3.63) is 0 Å². The fourth-order valence-corrected chi connectivity index (χ4v) is 3.89. The van der Waals surface area contributed by atoms with Gasteiger partial charge in [0.25, 0.3) is 0 Å². The highest BCUT2D eigenvalue weighted by atomic mass is 35.5. The smallest absolute Gasteiger partial charge is 0.236 e. The molecule has 3 rings (SSSR count). The molecule has 0 bridgehead atoms. The molecule has 3 aliphatic heterocycles. The fourth-order valence-electron chi connectivity index (χ4n) is 3.89. The van der Waals surface area contributed by atoms with Gasteiger partial charge in [-0.15, -0.1) is 12.4 Å². The van der Waals surface area contributed by atoms with Crippen LogP contribution in [0.3, 0.4) is 0 Å². The van der Waals surface area contributed by atoms with Crippen molar-refractivity contribution in [3.8, 4) is 0 Å². The third kappa shape index (κ3) is 5.07. The average molecular weight is 359 g/mol. The van der Waals surface area contributed by atoms with Crippen LogP contribution in [0.1, 0.15) is 32.1 Å². The normalized spacial score (nSPS) is 23.7. The Labute approximate surface area is 151 Å². The van der Waals surface area contributed by atoms with Gasteiger partial charge in [0, 0.05) is 45.2 Å². The fraction of sp³-hybridized carbons (Fsp3) is 0.882. The Morgan fingerprint density at radius 1 is 0.833 bits per heavy atom. The third-order valence-electron chi connectivity index (χ3n) is 5.44. The lowest BCUT2D eigenvalue weighted by molar-refractivity contribution is -0.139. The predicted octanol–water partition coefficient (Wildman–Crippen LogP) is 0.565. The maximum Gasteiger partial charge on any atom is 0.236 e. The Morgan fingerprint density at radius 2 is 1.46 bits per heavy atom. The number of piperazine rings is 1. The van der Waals surface area contributed by atoms with E-state index in [1.165, 1.54) is 6.42 Å². The molecule has 0 aromatic heterocycles. The predicted molar refractivity (Wildman–Crippen MR) is 96.3 cm³/mol. The van der Waals surface area contributed by atoms with Gasteiger partial charge in [0.05, 0.1) is 6.54 Å². The summed E-state index contributed by atoms with van der Waals surface area (Å²) < 4.78 is 0. The van der Waals surface area contributed by atoms with E-state index in [9.17, 15) is 9.59 Å². The third-order valence-corrected chi connectivity index (χ3v) is 5.44. The first-order valence-corrected chi connectivity index (χ1v) is 9.23. The monoisotopic (exact) mass is 358 g/mol. The number of likely N-dealkylation sites (tertiary alicyclic amines) is 1. The molecule has 3 fully saturated rings.